The minimum absolute atomic E-state index is 0.354. The summed E-state index contributed by atoms with van der Waals surface area (Å²) in [4.78, 5) is 8.66. The zero-order valence-electron chi connectivity index (χ0n) is 11.5. The lowest BCUT2D eigenvalue weighted by Crippen LogP contribution is -2.00. The molecule has 0 saturated carbocycles. The molecular weight excluding hydrogens is 280 g/mol. The summed E-state index contributed by atoms with van der Waals surface area (Å²) in [6.07, 6.45) is 0. The van der Waals surface area contributed by atoms with Crippen LogP contribution in [0.4, 0.5) is 0 Å². The number of halogens is 1. The molecule has 0 bridgehead atoms. The van der Waals surface area contributed by atoms with Crippen molar-refractivity contribution >= 4 is 11.6 Å². The number of rotatable bonds is 5. The summed E-state index contributed by atoms with van der Waals surface area (Å²) in [6.45, 7) is 0.363. The van der Waals surface area contributed by atoms with E-state index in [1.165, 1.54) is 0 Å². The van der Waals surface area contributed by atoms with Crippen LogP contribution in [0.1, 0.15) is 5.69 Å². The SMILES string of the molecule is COCc1cc(Cl)nc(-c2cccc(OC)c2OC)n1. The van der Waals surface area contributed by atoms with Crippen LogP contribution < -0.4 is 9.47 Å². The molecular formula is C14H15ClN2O3. The van der Waals surface area contributed by atoms with E-state index in [1.54, 1.807) is 27.4 Å². The number of methoxy groups -OCH3 is 3. The first kappa shape index (κ1) is 14.6. The average Bonchev–Trinajstić information content (AvgIpc) is 2.46. The quantitative estimate of drug-likeness (QED) is 0.794. The van der Waals surface area contributed by atoms with Crippen molar-refractivity contribution in [1.29, 1.82) is 0 Å². The molecule has 0 unspecified atom stereocenters. The van der Waals surface area contributed by atoms with Crippen LogP contribution in [-0.2, 0) is 11.3 Å². The highest BCUT2D eigenvalue weighted by atomic mass is 35.5. The maximum Gasteiger partial charge on any atom is 0.171 e. The summed E-state index contributed by atoms with van der Waals surface area (Å²) in [6, 6.07) is 7.17. The van der Waals surface area contributed by atoms with Crippen molar-refractivity contribution in [3.8, 4) is 22.9 Å². The Morgan fingerprint density at radius 3 is 2.55 bits per heavy atom. The molecule has 2 rings (SSSR count). The number of nitrogens with zero attached hydrogens (tertiary/aromatic N) is 2. The van der Waals surface area contributed by atoms with Gasteiger partial charge in [0.2, 0.25) is 0 Å². The number of aromatic nitrogens is 2. The molecule has 20 heavy (non-hydrogen) atoms. The van der Waals surface area contributed by atoms with Gasteiger partial charge in [-0.15, -0.1) is 0 Å². The zero-order chi connectivity index (χ0) is 14.5. The molecule has 1 aromatic heterocycles. The fraction of sp³-hybridized carbons (Fsp3) is 0.286. The third kappa shape index (κ3) is 3.00. The van der Waals surface area contributed by atoms with E-state index in [2.05, 4.69) is 9.97 Å². The van der Waals surface area contributed by atoms with E-state index in [9.17, 15) is 0 Å². The number of hydrogen-bond donors (Lipinski definition) is 0. The van der Waals surface area contributed by atoms with Gasteiger partial charge in [0.15, 0.2) is 17.3 Å². The van der Waals surface area contributed by atoms with Gasteiger partial charge in [0.1, 0.15) is 5.15 Å². The van der Waals surface area contributed by atoms with E-state index in [-0.39, 0.29) is 0 Å². The molecule has 6 heteroatoms. The van der Waals surface area contributed by atoms with Gasteiger partial charge in [-0.2, -0.15) is 0 Å². The molecule has 0 N–H and O–H groups in total. The van der Waals surface area contributed by atoms with E-state index in [1.807, 2.05) is 18.2 Å². The van der Waals surface area contributed by atoms with Gasteiger partial charge in [-0.05, 0) is 18.2 Å². The Labute approximate surface area is 122 Å². The van der Waals surface area contributed by atoms with Gasteiger partial charge in [-0.1, -0.05) is 17.7 Å². The molecule has 0 spiro atoms. The number of ether oxygens (including phenoxy) is 3. The van der Waals surface area contributed by atoms with Gasteiger partial charge < -0.3 is 14.2 Å². The van der Waals surface area contributed by atoms with E-state index in [0.717, 1.165) is 0 Å². The van der Waals surface area contributed by atoms with Gasteiger partial charge in [-0.3, -0.25) is 0 Å². The van der Waals surface area contributed by atoms with Crippen molar-refractivity contribution in [2.75, 3.05) is 21.3 Å². The molecule has 0 aliphatic rings. The maximum atomic E-state index is 6.03. The van der Waals surface area contributed by atoms with Crippen molar-refractivity contribution in [2.24, 2.45) is 0 Å². The molecule has 106 valence electrons. The summed E-state index contributed by atoms with van der Waals surface area (Å²) in [5, 5.41) is 0.354. The Balaban J connectivity index is 2.56. The summed E-state index contributed by atoms with van der Waals surface area (Å²) in [5.74, 6) is 1.66. The highest BCUT2D eigenvalue weighted by Crippen LogP contribution is 2.36. The largest absolute Gasteiger partial charge is 0.493 e. The lowest BCUT2D eigenvalue weighted by Gasteiger charge is -2.12. The van der Waals surface area contributed by atoms with Crippen LogP contribution in [0.15, 0.2) is 24.3 Å². The summed E-state index contributed by atoms with van der Waals surface area (Å²) >= 11 is 6.03. The molecule has 5 nitrogen and oxygen atoms in total. The van der Waals surface area contributed by atoms with Crippen molar-refractivity contribution in [3.63, 3.8) is 0 Å². The van der Waals surface area contributed by atoms with E-state index in [0.29, 0.717) is 40.3 Å². The van der Waals surface area contributed by atoms with Gasteiger partial charge in [0.25, 0.3) is 0 Å². The lowest BCUT2D eigenvalue weighted by atomic mass is 10.1. The van der Waals surface area contributed by atoms with Crippen molar-refractivity contribution < 1.29 is 14.2 Å². The highest BCUT2D eigenvalue weighted by molar-refractivity contribution is 6.29. The first-order chi connectivity index (χ1) is 9.69. The molecule has 0 fully saturated rings. The Kier molecular flexibility index (Phi) is 4.76. The second-order valence-electron chi connectivity index (χ2n) is 3.98. The van der Waals surface area contributed by atoms with Crippen LogP contribution >= 0.6 is 11.6 Å². The predicted molar refractivity (Wildman–Crippen MR) is 76.3 cm³/mol. The van der Waals surface area contributed by atoms with Gasteiger partial charge in [-0.25, -0.2) is 9.97 Å². The second-order valence-corrected chi connectivity index (χ2v) is 4.37. The maximum absolute atomic E-state index is 6.03. The van der Waals surface area contributed by atoms with Crippen LogP contribution in [0.3, 0.4) is 0 Å². The van der Waals surface area contributed by atoms with Crippen LogP contribution in [0.5, 0.6) is 11.5 Å². The normalized spacial score (nSPS) is 10.4. The summed E-state index contributed by atoms with van der Waals surface area (Å²) < 4.78 is 15.7. The summed E-state index contributed by atoms with van der Waals surface area (Å²) in [7, 11) is 4.75. The Morgan fingerprint density at radius 2 is 1.90 bits per heavy atom. The van der Waals surface area contributed by atoms with E-state index < -0.39 is 0 Å². The fourth-order valence-corrected chi connectivity index (χ4v) is 2.08. The molecule has 0 radical (unpaired) electrons. The smallest absolute Gasteiger partial charge is 0.171 e. The van der Waals surface area contributed by atoms with Crippen molar-refractivity contribution in [1.82, 2.24) is 9.97 Å². The predicted octanol–water partition coefficient (Wildman–Crippen LogP) is 2.96. The third-order valence-electron chi connectivity index (χ3n) is 2.68. The van der Waals surface area contributed by atoms with Gasteiger partial charge in [0.05, 0.1) is 32.1 Å². The average molecular weight is 295 g/mol. The standard InChI is InChI=1S/C14H15ClN2O3/c1-18-8-9-7-12(15)17-14(16-9)10-5-4-6-11(19-2)13(10)20-3/h4-7H,8H2,1-3H3. The minimum atomic E-state index is 0.354. The number of hydrogen-bond acceptors (Lipinski definition) is 5. The molecule has 0 amide bonds. The van der Waals surface area contributed by atoms with Gasteiger partial charge >= 0.3 is 0 Å². The van der Waals surface area contributed by atoms with Crippen LogP contribution in [-0.4, -0.2) is 31.3 Å². The fourth-order valence-electron chi connectivity index (χ4n) is 1.87. The van der Waals surface area contributed by atoms with Crippen molar-refractivity contribution in [2.45, 2.75) is 6.61 Å². The lowest BCUT2D eigenvalue weighted by molar-refractivity contribution is 0.181. The first-order valence-corrected chi connectivity index (χ1v) is 6.31. The van der Waals surface area contributed by atoms with Crippen LogP contribution in [0.2, 0.25) is 5.15 Å². The monoisotopic (exact) mass is 294 g/mol. The minimum Gasteiger partial charge on any atom is -0.493 e. The molecule has 0 aliphatic heterocycles. The molecule has 0 aliphatic carbocycles. The Hall–Kier alpha value is -1.85. The third-order valence-corrected chi connectivity index (χ3v) is 2.88. The zero-order valence-corrected chi connectivity index (χ0v) is 12.3. The molecule has 1 heterocycles. The van der Waals surface area contributed by atoms with E-state index >= 15 is 0 Å². The molecule has 2 aromatic rings. The Bertz CT molecular complexity index is 605. The number of benzene rings is 1. The van der Waals surface area contributed by atoms with Crippen LogP contribution in [0.25, 0.3) is 11.4 Å². The Morgan fingerprint density at radius 1 is 1.10 bits per heavy atom. The van der Waals surface area contributed by atoms with E-state index in [4.69, 9.17) is 25.8 Å². The summed E-state index contributed by atoms with van der Waals surface area (Å²) in [5.41, 5.74) is 1.42. The highest BCUT2D eigenvalue weighted by Gasteiger charge is 2.15. The molecule has 0 saturated heterocycles. The van der Waals surface area contributed by atoms with Gasteiger partial charge in [0, 0.05) is 7.11 Å². The second kappa shape index (κ2) is 6.54. The van der Waals surface area contributed by atoms with Crippen LogP contribution in [0, 0.1) is 0 Å². The number of para-hydroxylation sites is 1. The first-order valence-electron chi connectivity index (χ1n) is 5.93. The van der Waals surface area contributed by atoms with Crippen molar-refractivity contribution in [3.05, 3.63) is 35.1 Å². The molecule has 1 aromatic carbocycles. The molecule has 0 atom stereocenters. The topological polar surface area (TPSA) is 53.5 Å².